The molecule has 2 aliphatic rings. The molecule has 2 N–H and O–H groups in total. The Kier molecular flexibility index (Phi) is 5.18. The Balaban J connectivity index is 1.15. The van der Waals surface area contributed by atoms with Gasteiger partial charge in [0, 0.05) is 75.1 Å². The van der Waals surface area contributed by atoms with Crippen LogP contribution in [-0.4, -0.2) is 50.5 Å². The van der Waals surface area contributed by atoms with Crippen LogP contribution < -0.4 is 15.5 Å². The van der Waals surface area contributed by atoms with Gasteiger partial charge in [-0.3, -0.25) is 0 Å². The van der Waals surface area contributed by atoms with Gasteiger partial charge >= 0.3 is 0 Å². The Morgan fingerprint density at radius 2 is 1.97 bits per heavy atom. The molecule has 0 saturated carbocycles. The minimum absolute atomic E-state index is 0.337. The number of pyridine rings is 2. The van der Waals surface area contributed by atoms with Gasteiger partial charge in [0.05, 0.1) is 11.4 Å². The molecular formula is C25H25FN8. The maximum atomic E-state index is 14.6. The van der Waals surface area contributed by atoms with Crippen LogP contribution in [0.1, 0.15) is 28.1 Å². The first-order valence-corrected chi connectivity index (χ1v) is 11.5. The van der Waals surface area contributed by atoms with Gasteiger partial charge in [0.25, 0.3) is 0 Å². The van der Waals surface area contributed by atoms with Gasteiger partial charge in [0.15, 0.2) is 11.5 Å². The molecule has 8 nitrogen and oxygen atoms in total. The van der Waals surface area contributed by atoms with Crippen molar-refractivity contribution in [1.29, 1.82) is 0 Å². The standard InChI is InChI=1S/C25H25FN8/c1-16-14-34-15-18(10-21(26)24(34)31-16)19-3-4-22-20(19)13-30-25(32-22)29-12-17-2-5-23(28-11-17)33-8-6-27-7-9-33/h2-3,5,10-11,13-15,27H,4,6-9,12H2,1H3,(H,29,30,32). The third-order valence-corrected chi connectivity index (χ3v) is 6.30. The van der Waals surface area contributed by atoms with Gasteiger partial charge in [0.1, 0.15) is 5.82 Å². The molecule has 4 aromatic heterocycles. The van der Waals surface area contributed by atoms with Crippen LogP contribution >= 0.6 is 0 Å². The lowest BCUT2D eigenvalue weighted by atomic mass is 10.0. The molecule has 0 atom stereocenters. The summed E-state index contributed by atoms with van der Waals surface area (Å²) < 4.78 is 16.3. The van der Waals surface area contributed by atoms with Gasteiger partial charge < -0.3 is 19.9 Å². The zero-order valence-electron chi connectivity index (χ0n) is 18.9. The zero-order chi connectivity index (χ0) is 23.1. The van der Waals surface area contributed by atoms with E-state index in [1.807, 2.05) is 31.7 Å². The second-order valence-electron chi connectivity index (χ2n) is 8.68. The van der Waals surface area contributed by atoms with E-state index in [2.05, 4.69) is 48.7 Å². The molecule has 9 heteroatoms. The van der Waals surface area contributed by atoms with Gasteiger partial charge in [-0.25, -0.2) is 24.3 Å². The van der Waals surface area contributed by atoms with E-state index in [0.29, 0.717) is 24.6 Å². The molecule has 0 spiro atoms. The molecule has 172 valence electrons. The van der Waals surface area contributed by atoms with Crippen LogP contribution in [0.3, 0.4) is 0 Å². The number of fused-ring (bicyclic) bond motifs is 2. The van der Waals surface area contributed by atoms with Gasteiger partial charge in [-0.2, -0.15) is 0 Å². The Hall–Kier alpha value is -3.85. The van der Waals surface area contributed by atoms with Crippen molar-refractivity contribution < 1.29 is 4.39 Å². The van der Waals surface area contributed by atoms with Crippen molar-refractivity contribution in [3.63, 3.8) is 0 Å². The van der Waals surface area contributed by atoms with Crippen LogP contribution in [0.5, 0.6) is 0 Å². The Labute approximate surface area is 196 Å². The lowest BCUT2D eigenvalue weighted by Gasteiger charge is -2.28. The predicted octanol–water partition coefficient (Wildman–Crippen LogP) is 2.98. The van der Waals surface area contributed by atoms with Gasteiger partial charge in [-0.15, -0.1) is 0 Å². The molecule has 1 aliphatic carbocycles. The summed E-state index contributed by atoms with van der Waals surface area (Å²) in [6.45, 7) is 6.39. The maximum Gasteiger partial charge on any atom is 0.223 e. The highest BCUT2D eigenvalue weighted by Gasteiger charge is 2.20. The average Bonchev–Trinajstić information content (AvgIpc) is 3.46. The van der Waals surface area contributed by atoms with Crippen LogP contribution in [0.4, 0.5) is 16.2 Å². The zero-order valence-corrected chi connectivity index (χ0v) is 18.9. The summed E-state index contributed by atoms with van der Waals surface area (Å²) in [4.78, 5) is 20.4. The van der Waals surface area contributed by atoms with Crippen molar-refractivity contribution in [2.24, 2.45) is 0 Å². The van der Waals surface area contributed by atoms with E-state index in [-0.39, 0.29) is 5.82 Å². The summed E-state index contributed by atoms with van der Waals surface area (Å²) >= 11 is 0. The smallest absolute Gasteiger partial charge is 0.223 e. The van der Waals surface area contributed by atoms with Crippen LogP contribution in [0.15, 0.2) is 49.1 Å². The summed E-state index contributed by atoms with van der Waals surface area (Å²) in [7, 11) is 0. The lowest BCUT2D eigenvalue weighted by Crippen LogP contribution is -2.43. The second-order valence-corrected chi connectivity index (χ2v) is 8.68. The lowest BCUT2D eigenvalue weighted by molar-refractivity contribution is 0.585. The van der Waals surface area contributed by atoms with E-state index in [1.54, 1.807) is 4.40 Å². The highest BCUT2D eigenvalue weighted by Crippen LogP contribution is 2.32. The number of rotatable bonds is 5. The number of hydrogen-bond acceptors (Lipinski definition) is 7. The van der Waals surface area contributed by atoms with Crippen LogP contribution in [0.2, 0.25) is 0 Å². The maximum absolute atomic E-state index is 14.6. The summed E-state index contributed by atoms with van der Waals surface area (Å²) in [5.74, 6) is 1.25. The number of anilines is 2. The number of nitrogens with zero attached hydrogens (tertiary/aromatic N) is 6. The number of nitrogens with one attached hydrogen (secondary N) is 2. The number of piperazine rings is 1. The minimum atomic E-state index is -0.337. The molecule has 1 saturated heterocycles. The third kappa shape index (κ3) is 3.88. The van der Waals surface area contributed by atoms with Gasteiger partial charge in [-0.05, 0) is 30.2 Å². The molecule has 0 bridgehead atoms. The Morgan fingerprint density at radius 3 is 2.79 bits per heavy atom. The fourth-order valence-electron chi connectivity index (χ4n) is 4.58. The molecule has 1 fully saturated rings. The second kappa shape index (κ2) is 8.49. The third-order valence-electron chi connectivity index (χ3n) is 6.30. The largest absolute Gasteiger partial charge is 0.354 e. The summed E-state index contributed by atoms with van der Waals surface area (Å²) in [6, 6.07) is 5.69. The van der Waals surface area contributed by atoms with E-state index in [4.69, 9.17) is 4.98 Å². The van der Waals surface area contributed by atoms with Crippen molar-refractivity contribution >= 4 is 23.0 Å². The fraction of sp³-hybridized carbons (Fsp3) is 0.280. The summed E-state index contributed by atoms with van der Waals surface area (Å²) in [5.41, 5.74) is 5.80. The highest BCUT2D eigenvalue weighted by atomic mass is 19.1. The minimum Gasteiger partial charge on any atom is -0.354 e. The van der Waals surface area contributed by atoms with Crippen molar-refractivity contribution in [3.8, 4) is 0 Å². The van der Waals surface area contributed by atoms with Crippen LogP contribution in [0.25, 0.3) is 11.2 Å². The molecule has 1 aliphatic heterocycles. The number of hydrogen-bond donors (Lipinski definition) is 2. The number of aryl methyl sites for hydroxylation is 1. The molecule has 0 amide bonds. The molecule has 4 aromatic rings. The van der Waals surface area contributed by atoms with E-state index in [1.165, 1.54) is 6.07 Å². The van der Waals surface area contributed by atoms with Crippen molar-refractivity contribution in [2.75, 3.05) is 36.4 Å². The average molecular weight is 457 g/mol. The van der Waals surface area contributed by atoms with Crippen LogP contribution in [-0.2, 0) is 13.0 Å². The Bertz CT molecular complexity index is 1390. The van der Waals surface area contributed by atoms with Crippen molar-refractivity contribution in [1.82, 2.24) is 29.7 Å². The number of allylic oxidation sites excluding steroid dienone is 1. The molecule has 0 aromatic carbocycles. The molecular weight excluding hydrogens is 431 g/mol. The number of imidazole rings is 1. The van der Waals surface area contributed by atoms with E-state index in [0.717, 1.165) is 65.6 Å². The van der Waals surface area contributed by atoms with Crippen LogP contribution in [0, 0.1) is 12.7 Å². The quantitative estimate of drug-likeness (QED) is 0.478. The SMILES string of the molecule is Cc1cn2cc(C3=CCc4nc(NCc5ccc(N6CCNCC6)nc5)ncc43)cc(F)c2n1. The van der Waals surface area contributed by atoms with Crippen molar-refractivity contribution in [3.05, 3.63) is 83.0 Å². The topological polar surface area (TPSA) is 83.3 Å². The molecule has 34 heavy (non-hydrogen) atoms. The number of halogens is 1. The first kappa shape index (κ1) is 20.7. The Morgan fingerprint density at radius 1 is 1.09 bits per heavy atom. The fourth-order valence-corrected chi connectivity index (χ4v) is 4.58. The highest BCUT2D eigenvalue weighted by molar-refractivity contribution is 5.84. The first-order chi connectivity index (χ1) is 16.6. The van der Waals surface area contributed by atoms with E-state index in [9.17, 15) is 4.39 Å². The summed E-state index contributed by atoms with van der Waals surface area (Å²) in [5, 5.41) is 6.66. The number of aromatic nitrogens is 5. The van der Waals surface area contributed by atoms with Gasteiger partial charge in [-0.1, -0.05) is 12.1 Å². The summed E-state index contributed by atoms with van der Waals surface area (Å²) in [6.07, 6.45) is 10.2. The molecule has 0 radical (unpaired) electrons. The van der Waals surface area contributed by atoms with Gasteiger partial charge in [0.2, 0.25) is 5.95 Å². The van der Waals surface area contributed by atoms with E-state index >= 15 is 0 Å². The predicted molar refractivity (Wildman–Crippen MR) is 129 cm³/mol. The normalized spacial score (nSPS) is 15.5. The molecule has 5 heterocycles. The van der Waals surface area contributed by atoms with Crippen molar-refractivity contribution in [2.45, 2.75) is 19.9 Å². The first-order valence-electron chi connectivity index (χ1n) is 11.5. The molecule has 0 unspecified atom stereocenters. The van der Waals surface area contributed by atoms with E-state index < -0.39 is 0 Å². The monoisotopic (exact) mass is 456 g/mol. The molecule has 6 rings (SSSR count).